The summed E-state index contributed by atoms with van der Waals surface area (Å²) in [4.78, 5) is 36.6. The molecule has 1 aromatic carbocycles. The first-order chi connectivity index (χ1) is 20.0. The van der Waals surface area contributed by atoms with Crippen LogP contribution in [-0.2, 0) is 30.8 Å². The topological polar surface area (TPSA) is 153 Å². The summed E-state index contributed by atoms with van der Waals surface area (Å²) in [5, 5.41) is 7.73. The van der Waals surface area contributed by atoms with Crippen molar-refractivity contribution in [3.05, 3.63) is 41.6 Å². The number of sulfonamides is 1. The van der Waals surface area contributed by atoms with Gasteiger partial charge in [0, 0.05) is 76.1 Å². The Balaban J connectivity index is 1.28. The molecule has 0 saturated carbocycles. The van der Waals surface area contributed by atoms with Crippen LogP contribution in [0.3, 0.4) is 0 Å². The average molecular weight is 600 g/mol. The molecule has 0 radical (unpaired) electrons. The number of rotatable bonds is 7. The van der Waals surface area contributed by atoms with Gasteiger partial charge in [0.25, 0.3) is 0 Å². The molecular formula is C29H41N7O5S. The first-order valence-corrected chi connectivity index (χ1v) is 16.4. The maximum atomic E-state index is 14.0. The van der Waals surface area contributed by atoms with Gasteiger partial charge in [-0.3, -0.25) is 24.9 Å². The first-order valence-electron chi connectivity index (χ1n) is 14.5. The molecule has 4 aliphatic rings. The van der Waals surface area contributed by atoms with Crippen molar-refractivity contribution in [2.24, 2.45) is 16.6 Å². The number of likely N-dealkylation sites (tertiary alicyclic amines) is 2. The molecule has 4 aliphatic heterocycles. The summed E-state index contributed by atoms with van der Waals surface area (Å²) in [5.41, 5.74) is 9.63. The Kier molecular flexibility index (Phi) is 9.00. The quantitative estimate of drug-likeness (QED) is 0.265. The minimum Gasteiger partial charge on any atom is -0.469 e. The number of aliphatic imine (C=N–C) groups is 1. The van der Waals surface area contributed by atoms with Crippen LogP contribution in [0.25, 0.3) is 5.57 Å². The lowest BCUT2D eigenvalue weighted by molar-refractivity contribution is -0.140. The van der Waals surface area contributed by atoms with Gasteiger partial charge >= 0.3 is 5.97 Å². The zero-order chi connectivity index (χ0) is 30.0. The molecule has 1 aromatic rings. The minimum absolute atomic E-state index is 0.0468. The van der Waals surface area contributed by atoms with E-state index in [9.17, 15) is 18.0 Å². The molecule has 3 saturated heterocycles. The second-order valence-electron chi connectivity index (χ2n) is 11.6. The third-order valence-corrected chi connectivity index (χ3v) is 10.4. The molecule has 228 valence electrons. The second-order valence-corrected chi connectivity index (χ2v) is 13.6. The van der Waals surface area contributed by atoms with Gasteiger partial charge in [-0.2, -0.15) is 4.31 Å². The molecule has 13 heteroatoms. The van der Waals surface area contributed by atoms with Crippen molar-refractivity contribution in [1.29, 1.82) is 5.41 Å². The predicted molar refractivity (Wildman–Crippen MR) is 160 cm³/mol. The third kappa shape index (κ3) is 6.68. The standard InChI is InChI=1S/C29H41N7O5S/c1-41-27(37)15-20-3-5-21(6-4-20)23-16-25(32-18-23)26-17-24(33-11-13-35(14-12-33)42(2,39)40)19-36(26)28(38)22-7-9-34(10-8-22)29(30)31/h3-6,18,22,24,26H,7-17,19H2,1-2H3,(H3,30,31)/t24-,26-/m0/s1. The number of hydrogen-bond donors (Lipinski definition) is 2. The highest BCUT2D eigenvalue weighted by molar-refractivity contribution is 7.88. The molecule has 1 amide bonds. The zero-order valence-corrected chi connectivity index (χ0v) is 25.2. The number of carbonyl (C=O) groups excluding carboxylic acids is 2. The van der Waals surface area contributed by atoms with E-state index in [1.807, 2.05) is 40.3 Å². The molecule has 2 atom stereocenters. The van der Waals surface area contributed by atoms with Crippen LogP contribution < -0.4 is 5.73 Å². The van der Waals surface area contributed by atoms with Crippen LogP contribution in [0.15, 0.2) is 35.5 Å². The summed E-state index contributed by atoms with van der Waals surface area (Å²) in [6, 6.07) is 7.84. The highest BCUT2D eigenvalue weighted by atomic mass is 32.2. The Labute approximate surface area is 247 Å². The number of carbonyl (C=O) groups is 2. The molecule has 4 heterocycles. The van der Waals surface area contributed by atoms with E-state index in [1.54, 1.807) is 0 Å². The zero-order valence-electron chi connectivity index (χ0n) is 24.4. The maximum absolute atomic E-state index is 14.0. The average Bonchev–Trinajstić information content (AvgIpc) is 3.65. The van der Waals surface area contributed by atoms with Crippen LogP contribution in [-0.4, -0.2) is 122 Å². The number of nitrogens with zero attached hydrogens (tertiary/aromatic N) is 5. The van der Waals surface area contributed by atoms with Crippen molar-refractivity contribution in [2.45, 2.75) is 44.2 Å². The number of piperazine rings is 1. The Hall–Kier alpha value is -3.29. The lowest BCUT2D eigenvalue weighted by Crippen LogP contribution is -2.52. The Bertz CT molecular complexity index is 1360. The minimum atomic E-state index is -3.22. The number of methoxy groups -OCH3 is 1. The number of nitrogens with one attached hydrogen (secondary N) is 1. The molecule has 3 N–H and O–H groups in total. The Morgan fingerprint density at radius 2 is 1.74 bits per heavy atom. The van der Waals surface area contributed by atoms with Gasteiger partial charge in [0.05, 0.1) is 25.8 Å². The van der Waals surface area contributed by atoms with Gasteiger partial charge in [-0.05, 0) is 36.0 Å². The van der Waals surface area contributed by atoms with Crippen molar-refractivity contribution < 1.29 is 22.7 Å². The summed E-state index contributed by atoms with van der Waals surface area (Å²) in [6.45, 7) is 3.96. The van der Waals surface area contributed by atoms with E-state index >= 15 is 0 Å². The highest BCUT2D eigenvalue weighted by Gasteiger charge is 2.44. The largest absolute Gasteiger partial charge is 0.469 e. The highest BCUT2D eigenvalue weighted by Crippen LogP contribution is 2.34. The van der Waals surface area contributed by atoms with E-state index in [2.05, 4.69) is 4.90 Å². The molecule has 3 fully saturated rings. The van der Waals surface area contributed by atoms with Crippen molar-refractivity contribution >= 4 is 39.1 Å². The van der Waals surface area contributed by atoms with Gasteiger partial charge in [-0.1, -0.05) is 24.3 Å². The fourth-order valence-corrected chi connectivity index (χ4v) is 7.37. The summed E-state index contributed by atoms with van der Waals surface area (Å²) in [5.74, 6) is -0.228. The molecule has 42 heavy (non-hydrogen) atoms. The number of guanidine groups is 1. The van der Waals surface area contributed by atoms with E-state index in [0.717, 1.165) is 28.8 Å². The lowest BCUT2D eigenvalue weighted by Gasteiger charge is -2.37. The van der Waals surface area contributed by atoms with Gasteiger partial charge in [0.2, 0.25) is 15.9 Å². The van der Waals surface area contributed by atoms with Crippen molar-refractivity contribution in [3.63, 3.8) is 0 Å². The maximum Gasteiger partial charge on any atom is 0.309 e. The Morgan fingerprint density at radius 3 is 2.33 bits per heavy atom. The molecule has 0 spiro atoms. The number of nitrogens with two attached hydrogens (primary N) is 1. The molecule has 5 rings (SSSR count). The number of ether oxygens (including phenoxy) is 1. The number of allylic oxidation sites excluding steroid dienone is 1. The Morgan fingerprint density at radius 1 is 1.07 bits per heavy atom. The number of piperidine rings is 1. The van der Waals surface area contributed by atoms with E-state index in [0.29, 0.717) is 65.1 Å². The number of hydrogen-bond acceptors (Lipinski definition) is 8. The van der Waals surface area contributed by atoms with Crippen LogP contribution in [0.5, 0.6) is 0 Å². The third-order valence-electron chi connectivity index (χ3n) is 9.05. The molecule has 12 nitrogen and oxygen atoms in total. The number of amides is 1. The van der Waals surface area contributed by atoms with Gasteiger partial charge in [0.1, 0.15) is 0 Å². The molecule has 0 aromatic heterocycles. The van der Waals surface area contributed by atoms with Gasteiger partial charge < -0.3 is 20.3 Å². The summed E-state index contributed by atoms with van der Waals surface area (Å²) < 4.78 is 30.4. The van der Waals surface area contributed by atoms with Crippen LogP contribution in [0.4, 0.5) is 0 Å². The van der Waals surface area contributed by atoms with Gasteiger partial charge in [0.15, 0.2) is 5.96 Å². The van der Waals surface area contributed by atoms with E-state index < -0.39 is 10.0 Å². The first kappa shape index (κ1) is 30.2. The van der Waals surface area contributed by atoms with Crippen molar-refractivity contribution in [2.75, 3.05) is 59.2 Å². The van der Waals surface area contributed by atoms with Crippen LogP contribution in [0.1, 0.15) is 36.8 Å². The lowest BCUT2D eigenvalue weighted by atomic mass is 9.93. The normalized spacial score (nSPS) is 24.4. The SMILES string of the molecule is COC(=O)Cc1ccc(C2=CN=C([C@@H]3C[C@H](N4CCN(S(C)(=O)=O)CC4)CN3C(=O)C3CCN(C(=N)N)CC3)C2)cc1. The summed E-state index contributed by atoms with van der Waals surface area (Å²) in [6.07, 6.45) is 6.08. The van der Waals surface area contributed by atoms with Crippen LogP contribution >= 0.6 is 0 Å². The number of benzene rings is 1. The van der Waals surface area contributed by atoms with Crippen LogP contribution in [0, 0.1) is 11.3 Å². The fourth-order valence-electron chi connectivity index (χ4n) is 6.54. The smallest absolute Gasteiger partial charge is 0.309 e. The van der Waals surface area contributed by atoms with Crippen LogP contribution in [0.2, 0.25) is 0 Å². The van der Waals surface area contributed by atoms with Gasteiger partial charge in [-0.25, -0.2) is 8.42 Å². The fraction of sp³-hybridized carbons (Fsp3) is 0.586. The van der Waals surface area contributed by atoms with E-state index in [4.69, 9.17) is 20.9 Å². The number of esters is 1. The summed E-state index contributed by atoms with van der Waals surface area (Å²) >= 11 is 0. The molecule has 0 unspecified atom stereocenters. The van der Waals surface area contributed by atoms with Gasteiger partial charge in [-0.15, -0.1) is 0 Å². The second kappa shape index (κ2) is 12.5. The molecule has 0 bridgehead atoms. The predicted octanol–water partition coefficient (Wildman–Crippen LogP) is 0.740. The van der Waals surface area contributed by atoms with E-state index in [1.165, 1.54) is 17.7 Å². The molecule has 0 aliphatic carbocycles. The van der Waals surface area contributed by atoms with Crippen molar-refractivity contribution in [1.82, 2.24) is 19.0 Å². The summed E-state index contributed by atoms with van der Waals surface area (Å²) in [7, 11) is -1.84. The van der Waals surface area contributed by atoms with E-state index in [-0.39, 0.29) is 42.3 Å². The van der Waals surface area contributed by atoms with Crippen molar-refractivity contribution in [3.8, 4) is 0 Å². The monoisotopic (exact) mass is 599 g/mol. The molecular weight excluding hydrogens is 558 g/mol.